The third-order valence-electron chi connectivity index (χ3n) is 2.38. The summed E-state index contributed by atoms with van der Waals surface area (Å²) < 4.78 is 5.22. The summed E-state index contributed by atoms with van der Waals surface area (Å²) in [5.74, 6) is 0.436. The van der Waals surface area contributed by atoms with Crippen LogP contribution in [0.15, 0.2) is 12.1 Å². The summed E-state index contributed by atoms with van der Waals surface area (Å²) in [6.45, 7) is 3.95. The molecule has 1 unspecified atom stereocenters. The number of ether oxygens (including phenoxy) is 1. The molecule has 0 aliphatic heterocycles. The molecule has 0 aromatic heterocycles. The van der Waals surface area contributed by atoms with E-state index < -0.39 is 0 Å². The highest BCUT2D eigenvalue weighted by atomic mass is 35.5. The van der Waals surface area contributed by atoms with E-state index in [2.05, 4.69) is 6.07 Å². The molecule has 1 aromatic rings. The lowest BCUT2D eigenvalue weighted by Crippen LogP contribution is -2.06. The largest absolute Gasteiger partial charge is 0.495 e. The third kappa shape index (κ3) is 2.61. The molecule has 1 atom stereocenters. The Kier molecular flexibility index (Phi) is 4.46. The molecule has 0 spiro atoms. The fourth-order valence-electron chi connectivity index (χ4n) is 1.60. The first-order valence-corrected chi connectivity index (χ1v) is 5.69. The Hall–Kier alpha value is -0.910. The van der Waals surface area contributed by atoms with Gasteiger partial charge in [-0.2, -0.15) is 5.26 Å². The summed E-state index contributed by atoms with van der Waals surface area (Å²) in [7, 11) is 1.54. The molecule has 16 heavy (non-hydrogen) atoms. The molecule has 0 aliphatic carbocycles. The monoisotopic (exact) mass is 257 g/mol. The number of methoxy groups -OCH3 is 1. The van der Waals surface area contributed by atoms with Gasteiger partial charge in [-0.15, -0.1) is 0 Å². The van der Waals surface area contributed by atoms with Crippen molar-refractivity contribution in [2.45, 2.75) is 19.8 Å². The van der Waals surface area contributed by atoms with Crippen LogP contribution in [0.4, 0.5) is 0 Å². The molecule has 4 heteroatoms. The SMILES string of the molecule is COc1c(Cl)cc(Cl)cc1C(C#N)C(C)C. The van der Waals surface area contributed by atoms with Crippen molar-refractivity contribution in [3.8, 4) is 11.8 Å². The standard InChI is InChI=1S/C12H13Cl2NO/c1-7(2)10(6-15)9-4-8(13)5-11(14)12(9)16-3/h4-5,7,10H,1-3H3. The Morgan fingerprint density at radius 2 is 1.94 bits per heavy atom. The Morgan fingerprint density at radius 1 is 1.31 bits per heavy atom. The number of nitriles is 1. The van der Waals surface area contributed by atoms with Crippen LogP contribution in [0.5, 0.6) is 5.75 Å². The Labute approximate surface area is 106 Å². The Bertz CT molecular complexity index is 424. The first kappa shape index (κ1) is 13.2. The second kappa shape index (κ2) is 5.43. The average molecular weight is 258 g/mol. The molecule has 0 amide bonds. The van der Waals surface area contributed by atoms with Gasteiger partial charge in [-0.1, -0.05) is 37.0 Å². The second-order valence-electron chi connectivity index (χ2n) is 3.86. The number of benzene rings is 1. The zero-order valence-corrected chi connectivity index (χ0v) is 10.9. The van der Waals surface area contributed by atoms with Crippen LogP contribution in [0, 0.1) is 17.2 Å². The molecule has 0 saturated heterocycles. The van der Waals surface area contributed by atoms with Crippen LogP contribution in [-0.4, -0.2) is 7.11 Å². The van der Waals surface area contributed by atoms with E-state index in [1.807, 2.05) is 13.8 Å². The summed E-state index contributed by atoms with van der Waals surface area (Å²) in [4.78, 5) is 0. The van der Waals surface area contributed by atoms with Crippen molar-refractivity contribution in [2.75, 3.05) is 7.11 Å². The van der Waals surface area contributed by atoms with E-state index in [0.29, 0.717) is 15.8 Å². The Balaban J connectivity index is 3.36. The average Bonchev–Trinajstić information content (AvgIpc) is 2.17. The maximum Gasteiger partial charge on any atom is 0.142 e. The molecular weight excluding hydrogens is 245 g/mol. The molecule has 0 bridgehead atoms. The molecule has 0 radical (unpaired) electrons. The maximum absolute atomic E-state index is 9.16. The highest BCUT2D eigenvalue weighted by molar-refractivity contribution is 6.35. The molecule has 1 rings (SSSR count). The van der Waals surface area contributed by atoms with Gasteiger partial charge in [0.1, 0.15) is 5.75 Å². The number of nitrogens with zero attached hydrogens (tertiary/aromatic N) is 1. The third-order valence-corrected chi connectivity index (χ3v) is 2.88. The van der Waals surface area contributed by atoms with Crippen LogP contribution >= 0.6 is 23.2 Å². The number of hydrogen-bond acceptors (Lipinski definition) is 2. The molecule has 0 heterocycles. The molecule has 2 nitrogen and oxygen atoms in total. The smallest absolute Gasteiger partial charge is 0.142 e. The van der Waals surface area contributed by atoms with Crippen LogP contribution < -0.4 is 4.74 Å². The van der Waals surface area contributed by atoms with Crippen molar-refractivity contribution in [3.63, 3.8) is 0 Å². The van der Waals surface area contributed by atoms with Crippen LogP contribution in [0.3, 0.4) is 0 Å². The van der Waals surface area contributed by atoms with E-state index in [1.54, 1.807) is 12.1 Å². The van der Waals surface area contributed by atoms with Gasteiger partial charge >= 0.3 is 0 Å². The fraction of sp³-hybridized carbons (Fsp3) is 0.417. The number of rotatable bonds is 3. The van der Waals surface area contributed by atoms with Gasteiger partial charge in [-0.3, -0.25) is 0 Å². The predicted octanol–water partition coefficient (Wildman–Crippen LogP) is 4.27. The highest BCUT2D eigenvalue weighted by Crippen LogP contribution is 2.38. The fourth-order valence-corrected chi connectivity index (χ4v) is 2.19. The van der Waals surface area contributed by atoms with Crippen LogP contribution in [-0.2, 0) is 0 Å². The van der Waals surface area contributed by atoms with Crippen LogP contribution in [0.1, 0.15) is 25.3 Å². The lowest BCUT2D eigenvalue weighted by molar-refractivity contribution is 0.403. The lowest BCUT2D eigenvalue weighted by Gasteiger charge is -2.18. The lowest BCUT2D eigenvalue weighted by atomic mass is 9.89. The summed E-state index contributed by atoms with van der Waals surface area (Å²) in [6, 6.07) is 5.60. The first-order chi connectivity index (χ1) is 7.51. The van der Waals surface area contributed by atoms with Crippen LogP contribution in [0.2, 0.25) is 10.0 Å². The highest BCUT2D eigenvalue weighted by Gasteiger charge is 2.21. The van der Waals surface area contributed by atoms with Crippen molar-refractivity contribution in [2.24, 2.45) is 5.92 Å². The van der Waals surface area contributed by atoms with E-state index in [1.165, 1.54) is 7.11 Å². The summed E-state index contributed by atoms with van der Waals surface area (Å²) in [5, 5.41) is 10.1. The molecule has 0 fully saturated rings. The van der Waals surface area contributed by atoms with Gasteiger partial charge in [-0.25, -0.2) is 0 Å². The zero-order chi connectivity index (χ0) is 12.3. The van der Waals surface area contributed by atoms with Gasteiger partial charge < -0.3 is 4.74 Å². The van der Waals surface area contributed by atoms with Crippen molar-refractivity contribution in [1.29, 1.82) is 5.26 Å². The van der Waals surface area contributed by atoms with Gasteiger partial charge in [0.2, 0.25) is 0 Å². The van der Waals surface area contributed by atoms with E-state index in [9.17, 15) is 0 Å². The van der Waals surface area contributed by atoms with Crippen molar-refractivity contribution >= 4 is 23.2 Å². The minimum atomic E-state index is -0.272. The maximum atomic E-state index is 9.16. The van der Waals surface area contributed by atoms with E-state index in [0.717, 1.165) is 5.56 Å². The van der Waals surface area contributed by atoms with Crippen molar-refractivity contribution in [3.05, 3.63) is 27.7 Å². The van der Waals surface area contributed by atoms with Gasteiger partial charge in [0.15, 0.2) is 0 Å². The van der Waals surface area contributed by atoms with Crippen molar-refractivity contribution < 1.29 is 4.74 Å². The predicted molar refractivity (Wildman–Crippen MR) is 66.2 cm³/mol. The van der Waals surface area contributed by atoms with Gasteiger partial charge in [0.05, 0.1) is 24.1 Å². The topological polar surface area (TPSA) is 33.0 Å². The minimum Gasteiger partial charge on any atom is -0.495 e. The van der Waals surface area contributed by atoms with E-state index >= 15 is 0 Å². The first-order valence-electron chi connectivity index (χ1n) is 4.93. The second-order valence-corrected chi connectivity index (χ2v) is 4.70. The normalized spacial score (nSPS) is 12.3. The van der Waals surface area contributed by atoms with E-state index in [-0.39, 0.29) is 11.8 Å². The minimum absolute atomic E-state index is 0.174. The molecule has 86 valence electrons. The van der Waals surface area contributed by atoms with Gasteiger partial charge in [0, 0.05) is 10.6 Å². The Morgan fingerprint density at radius 3 is 2.38 bits per heavy atom. The zero-order valence-electron chi connectivity index (χ0n) is 9.42. The van der Waals surface area contributed by atoms with Gasteiger partial charge in [0.25, 0.3) is 0 Å². The molecule has 0 saturated carbocycles. The quantitative estimate of drug-likeness (QED) is 0.811. The summed E-state index contributed by atoms with van der Waals surface area (Å²) in [6.07, 6.45) is 0. The van der Waals surface area contributed by atoms with Crippen molar-refractivity contribution in [1.82, 2.24) is 0 Å². The molecular formula is C12H13Cl2NO. The van der Waals surface area contributed by atoms with Crippen LogP contribution in [0.25, 0.3) is 0 Å². The number of halogens is 2. The number of hydrogen-bond donors (Lipinski definition) is 0. The molecule has 0 N–H and O–H groups in total. The molecule has 0 aliphatic rings. The van der Waals surface area contributed by atoms with Gasteiger partial charge in [-0.05, 0) is 18.1 Å². The summed E-state index contributed by atoms with van der Waals surface area (Å²) in [5.41, 5.74) is 0.748. The molecule has 1 aromatic carbocycles. The van der Waals surface area contributed by atoms with E-state index in [4.69, 9.17) is 33.2 Å². The summed E-state index contributed by atoms with van der Waals surface area (Å²) >= 11 is 12.0.